The molecule has 1 saturated carbocycles. The number of H-pyrrole nitrogens is 1. The van der Waals surface area contributed by atoms with E-state index in [0.29, 0.717) is 6.42 Å². The average Bonchev–Trinajstić information content (AvgIpc) is 2.69. The van der Waals surface area contributed by atoms with Gasteiger partial charge in [0.1, 0.15) is 0 Å². The Morgan fingerprint density at radius 3 is 2.67 bits per heavy atom. The summed E-state index contributed by atoms with van der Waals surface area (Å²) in [5.74, 6) is 0.879. The Bertz CT molecular complexity index is 386. The van der Waals surface area contributed by atoms with E-state index in [1.54, 1.807) is 0 Å². The van der Waals surface area contributed by atoms with Crippen LogP contribution in [0.2, 0.25) is 0 Å². The van der Waals surface area contributed by atoms with Crippen LogP contribution in [0.3, 0.4) is 0 Å². The Kier molecular flexibility index (Phi) is 4.39. The number of anilines is 1. The van der Waals surface area contributed by atoms with Gasteiger partial charge in [0.2, 0.25) is 5.91 Å². The number of aryl methyl sites for hydroxylation is 2. The highest BCUT2D eigenvalue weighted by molar-refractivity contribution is 5.91. The van der Waals surface area contributed by atoms with Crippen molar-refractivity contribution in [1.82, 2.24) is 10.2 Å². The van der Waals surface area contributed by atoms with E-state index < -0.39 is 0 Å². The van der Waals surface area contributed by atoms with Gasteiger partial charge in [0.25, 0.3) is 0 Å². The van der Waals surface area contributed by atoms with Crippen LogP contribution < -0.4 is 5.32 Å². The molecule has 0 bridgehead atoms. The second-order valence-electron chi connectivity index (χ2n) is 5.40. The van der Waals surface area contributed by atoms with Crippen LogP contribution in [0.25, 0.3) is 0 Å². The Hall–Kier alpha value is -1.32. The Labute approximate surface area is 109 Å². The number of carbonyl (C=O) groups excluding carboxylic acids is 1. The van der Waals surface area contributed by atoms with Gasteiger partial charge in [0.05, 0.1) is 17.1 Å². The van der Waals surface area contributed by atoms with Crippen LogP contribution in [-0.4, -0.2) is 16.1 Å². The molecule has 18 heavy (non-hydrogen) atoms. The van der Waals surface area contributed by atoms with Gasteiger partial charge in [-0.1, -0.05) is 32.1 Å². The molecule has 2 rings (SSSR count). The third kappa shape index (κ3) is 3.34. The number of rotatable bonds is 4. The van der Waals surface area contributed by atoms with E-state index in [2.05, 4.69) is 15.5 Å². The summed E-state index contributed by atoms with van der Waals surface area (Å²) in [5, 5.41) is 9.93. The highest BCUT2D eigenvalue weighted by Gasteiger charge is 2.16. The van der Waals surface area contributed by atoms with E-state index in [4.69, 9.17) is 0 Å². The number of hydrogen-bond acceptors (Lipinski definition) is 2. The minimum atomic E-state index is 0.119. The molecule has 1 aromatic rings. The first kappa shape index (κ1) is 13.1. The molecule has 0 atom stereocenters. The molecule has 1 fully saturated rings. The molecule has 1 aliphatic rings. The van der Waals surface area contributed by atoms with Gasteiger partial charge in [-0.25, -0.2) is 0 Å². The fourth-order valence-corrected chi connectivity index (χ4v) is 2.75. The molecule has 1 aromatic heterocycles. The highest BCUT2D eigenvalue weighted by atomic mass is 16.1. The van der Waals surface area contributed by atoms with Crippen molar-refractivity contribution in [2.24, 2.45) is 5.92 Å². The van der Waals surface area contributed by atoms with Crippen LogP contribution in [0, 0.1) is 19.8 Å². The van der Waals surface area contributed by atoms with Gasteiger partial charge in [0.15, 0.2) is 0 Å². The van der Waals surface area contributed by atoms with Crippen LogP contribution in [0.15, 0.2) is 0 Å². The summed E-state index contributed by atoms with van der Waals surface area (Å²) in [6.45, 7) is 3.83. The lowest BCUT2D eigenvalue weighted by Crippen LogP contribution is -2.15. The SMILES string of the molecule is Cc1n[nH]c(C)c1NC(=O)CCC1CCCCC1. The molecule has 4 nitrogen and oxygen atoms in total. The predicted octanol–water partition coefficient (Wildman–Crippen LogP) is 3.33. The first-order chi connectivity index (χ1) is 8.66. The maximum atomic E-state index is 11.9. The third-order valence-electron chi connectivity index (χ3n) is 3.90. The van der Waals surface area contributed by atoms with Crippen LogP contribution in [0.5, 0.6) is 0 Å². The topological polar surface area (TPSA) is 57.8 Å². The standard InChI is InChI=1S/C14H23N3O/c1-10-14(11(2)17-16-10)15-13(18)9-8-12-6-4-3-5-7-12/h12H,3-9H2,1-2H3,(H,15,18)(H,16,17). The number of aromatic amines is 1. The number of carbonyl (C=O) groups is 1. The van der Waals surface area contributed by atoms with Crippen molar-refractivity contribution in [1.29, 1.82) is 0 Å². The van der Waals surface area contributed by atoms with E-state index in [1.165, 1.54) is 32.1 Å². The van der Waals surface area contributed by atoms with Crippen molar-refractivity contribution in [3.05, 3.63) is 11.4 Å². The monoisotopic (exact) mass is 249 g/mol. The highest BCUT2D eigenvalue weighted by Crippen LogP contribution is 2.27. The molecular formula is C14H23N3O. The molecule has 2 N–H and O–H groups in total. The van der Waals surface area contributed by atoms with Gasteiger partial charge in [0, 0.05) is 6.42 Å². The zero-order chi connectivity index (χ0) is 13.0. The van der Waals surface area contributed by atoms with E-state index in [9.17, 15) is 4.79 Å². The summed E-state index contributed by atoms with van der Waals surface area (Å²) in [7, 11) is 0. The molecule has 0 spiro atoms. The third-order valence-corrected chi connectivity index (χ3v) is 3.90. The van der Waals surface area contributed by atoms with Gasteiger partial charge in [-0.3, -0.25) is 9.89 Å². The van der Waals surface area contributed by atoms with Gasteiger partial charge < -0.3 is 5.32 Å². The number of nitrogens with one attached hydrogen (secondary N) is 2. The molecule has 1 amide bonds. The summed E-state index contributed by atoms with van der Waals surface area (Å²) in [6, 6.07) is 0. The van der Waals surface area contributed by atoms with E-state index in [-0.39, 0.29) is 5.91 Å². The summed E-state index contributed by atoms with van der Waals surface area (Å²) < 4.78 is 0. The van der Waals surface area contributed by atoms with Crippen molar-refractivity contribution in [3.63, 3.8) is 0 Å². The van der Waals surface area contributed by atoms with Crippen LogP contribution in [0.1, 0.15) is 56.3 Å². The van der Waals surface area contributed by atoms with Gasteiger partial charge in [-0.2, -0.15) is 5.10 Å². The predicted molar refractivity (Wildman–Crippen MR) is 72.5 cm³/mol. The lowest BCUT2D eigenvalue weighted by molar-refractivity contribution is -0.116. The van der Waals surface area contributed by atoms with Gasteiger partial charge >= 0.3 is 0 Å². The van der Waals surface area contributed by atoms with Gasteiger partial charge in [-0.15, -0.1) is 0 Å². The van der Waals surface area contributed by atoms with Crippen molar-refractivity contribution in [3.8, 4) is 0 Å². The largest absolute Gasteiger partial charge is 0.323 e. The van der Waals surface area contributed by atoms with Crippen molar-refractivity contribution >= 4 is 11.6 Å². The molecule has 0 radical (unpaired) electrons. The molecule has 4 heteroatoms. The van der Waals surface area contributed by atoms with Crippen LogP contribution in [0.4, 0.5) is 5.69 Å². The van der Waals surface area contributed by atoms with E-state index in [1.807, 2.05) is 13.8 Å². The molecule has 100 valence electrons. The molecule has 0 aromatic carbocycles. The first-order valence-electron chi connectivity index (χ1n) is 6.98. The molecule has 0 aliphatic heterocycles. The number of nitrogens with zero attached hydrogens (tertiary/aromatic N) is 1. The molecule has 0 saturated heterocycles. The summed E-state index contributed by atoms with van der Waals surface area (Å²) in [6.07, 6.45) is 8.32. The summed E-state index contributed by atoms with van der Waals surface area (Å²) >= 11 is 0. The molecule has 1 heterocycles. The number of aromatic nitrogens is 2. The Balaban J connectivity index is 1.78. The number of amides is 1. The minimum absolute atomic E-state index is 0.119. The summed E-state index contributed by atoms with van der Waals surface area (Å²) in [5.41, 5.74) is 2.64. The first-order valence-corrected chi connectivity index (χ1v) is 6.98. The van der Waals surface area contributed by atoms with Gasteiger partial charge in [-0.05, 0) is 26.2 Å². The maximum Gasteiger partial charge on any atom is 0.224 e. The van der Waals surface area contributed by atoms with Crippen LogP contribution in [-0.2, 0) is 4.79 Å². The quantitative estimate of drug-likeness (QED) is 0.860. The second kappa shape index (κ2) is 6.03. The lowest BCUT2D eigenvalue weighted by Gasteiger charge is -2.20. The normalized spacial score (nSPS) is 16.8. The molecule has 0 unspecified atom stereocenters. The van der Waals surface area contributed by atoms with E-state index in [0.717, 1.165) is 29.4 Å². The van der Waals surface area contributed by atoms with E-state index >= 15 is 0 Å². The van der Waals surface area contributed by atoms with Crippen molar-refractivity contribution in [2.45, 2.75) is 58.8 Å². The number of hydrogen-bond donors (Lipinski definition) is 2. The summed E-state index contributed by atoms with van der Waals surface area (Å²) in [4.78, 5) is 11.9. The Morgan fingerprint density at radius 2 is 2.06 bits per heavy atom. The van der Waals surface area contributed by atoms with Crippen molar-refractivity contribution in [2.75, 3.05) is 5.32 Å². The van der Waals surface area contributed by atoms with Crippen molar-refractivity contribution < 1.29 is 4.79 Å². The molecule has 1 aliphatic carbocycles. The Morgan fingerprint density at radius 1 is 1.33 bits per heavy atom. The second-order valence-corrected chi connectivity index (χ2v) is 5.40. The fraction of sp³-hybridized carbons (Fsp3) is 0.714. The lowest BCUT2D eigenvalue weighted by atomic mass is 9.86. The molecular weight excluding hydrogens is 226 g/mol. The zero-order valence-corrected chi connectivity index (χ0v) is 11.4. The average molecular weight is 249 g/mol. The zero-order valence-electron chi connectivity index (χ0n) is 11.4. The maximum absolute atomic E-state index is 11.9. The fourth-order valence-electron chi connectivity index (χ4n) is 2.75. The van der Waals surface area contributed by atoms with Crippen LogP contribution >= 0.6 is 0 Å². The minimum Gasteiger partial charge on any atom is -0.323 e. The smallest absolute Gasteiger partial charge is 0.224 e.